The zero-order valence-corrected chi connectivity index (χ0v) is 14.5. The Bertz CT molecular complexity index is 822. The molecule has 3 rings (SSSR count). The quantitative estimate of drug-likeness (QED) is 0.887. The minimum atomic E-state index is -0.885. The number of hydrogen-bond acceptors (Lipinski definition) is 3. The van der Waals surface area contributed by atoms with Gasteiger partial charge in [-0.1, -0.05) is 11.6 Å². The molecule has 1 aromatic heterocycles. The van der Waals surface area contributed by atoms with Gasteiger partial charge in [0.15, 0.2) is 0 Å². The van der Waals surface area contributed by atoms with E-state index in [-0.39, 0.29) is 17.4 Å². The van der Waals surface area contributed by atoms with E-state index < -0.39 is 17.5 Å². The summed E-state index contributed by atoms with van der Waals surface area (Å²) in [6.45, 7) is 0.642. The van der Waals surface area contributed by atoms with Crippen LogP contribution in [0.1, 0.15) is 23.2 Å². The molecule has 2 amide bonds. The second-order valence-corrected chi connectivity index (χ2v) is 6.48. The third-order valence-electron chi connectivity index (χ3n) is 4.29. The summed E-state index contributed by atoms with van der Waals surface area (Å²) in [5.41, 5.74) is -0.167. The molecule has 0 radical (unpaired) electrons. The Hall–Kier alpha value is -2.54. The molecule has 1 saturated heterocycles. The summed E-state index contributed by atoms with van der Waals surface area (Å²) in [5, 5.41) is 3.19. The van der Waals surface area contributed by atoms with Crippen LogP contribution in [0.25, 0.3) is 0 Å². The molecule has 0 bridgehead atoms. The van der Waals surface area contributed by atoms with Crippen molar-refractivity contribution in [1.82, 2.24) is 9.88 Å². The maximum Gasteiger partial charge on any atom is 0.256 e. The van der Waals surface area contributed by atoms with Gasteiger partial charge in [-0.25, -0.2) is 13.8 Å². The van der Waals surface area contributed by atoms with Crippen molar-refractivity contribution in [2.24, 2.45) is 5.92 Å². The molecule has 1 aromatic carbocycles. The van der Waals surface area contributed by atoms with Gasteiger partial charge < -0.3 is 10.2 Å². The van der Waals surface area contributed by atoms with Crippen LogP contribution in [-0.4, -0.2) is 34.8 Å². The van der Waals surface area contributed by atoms with Crippen LogP contribution in [0.2, 0.25) is 5.02 Å². The SMILES string of the molecule is O=C(Nc1ccc(Cl)cn1)C1CCN(C(=O)c2ccc(F)cc2F)CC1. The van der Waals surface area contributed by atoms with Gasteiger partial charge in [0.1, 0.15) is 17.5 Å². The standard InChI is InChI=1S/C18H16ClF2N3O2/c19-12-1-4-16(22-10-12)23-17(25)11-5-7-24(8-6-11)18(26)14-3-2-13(20)9-15(14)21/h1-4,9-11H,5-8H2,(H,22,23,25). The molecule has 5 nitrogen and oxygen atoms in total. The summed E-state index contributed by atoms with van der Waals surface area (Å²) in [6.07, 6.45) is 2.34. The molecule has 1 aliphatic rings. The molecule has 1 aliphatic heterocycles. The highest BCUT2D eigenvalue weighted by molar-refractivity contribution is 6.30. The van der Waals surface area contributed by atoms with Crippen LogP contribution in [0.15, 0.2) is 36.5 Å². The molecule has 0 unspecified atom stereocenters. The van der Waals surface area contributed by atoms with Crippen molar-refractivity contribution >= 4 is 29.2 Å². The predicted molar refractivity (Wildman–Crippen MR) is 92.9 cm³/mol. The third-order valence-corrected chi connectivity index (χ3v) is 4.52. The number of carbonyl (C=O) groups excluding carboxylic acids is 2. The highest BCUT2D eigenvalue weighted by Crippen LogP contribution is 2.22. The van der Waals surface area contributed by atoms with Gasteiger partial charge in [-0.15, -0.1) is 0 Å². The summed E-state index contributed by atoms with van der Waals surface area (Å²) in [5.74, 6) is -2.16. The normalized spacial score (nSPS) is 15.0. The fourth-order valence-corrected chi connectivity index (χ4v) is 2.97. The number of rotatable bonds is 3. The van der Waals surface area contributed by atoms with E-state index in [0.717, 1.165) is 12.1 Å². The van der Waals surface area contributed by atoms with Gasteiger partial charge in [0.05, 0.1) is 10.6 Å². The van der Waals surface area contributed by atoms with Crippen molar-refractivity contribution in [3.63, 3.8) is 0 Å². The van der Waals surface area contributed by atoms with Crippen molar-refractivity contribution in [2.75, 3.05) is 18.4 Å². The van der Waals surface area contributed by atoms with Crippen LogP contribution in [-0.2, 0) is 4.79 Å². The molecule has 2 heterocycles. The van der Waals surface area contributed by atoms with E-state index in [0.29, 0.717) is 42.8 Å². The molecule has 1 fully saturated rings. The number of nitrogens with one attached hydrogen (secondary N) is 1. The number of piperidine rings is 1. The van der Waals surface area contributed by atoms with Gasteiger partial charge in [-0.2, -0.15) is 0 Å². The molecule has 8 heteroatoms. The molecule has 0 saturated carbocycles. The second kappa shape index (κ2) is 7.78. The molecule has 0 spiro atoms. The first-order chi connectivity index (χ1) is 12.4. The van der Waals surface area contributed by atoms with E-state index in [1.165, 1.54) is 11.1 Å². The summed E-state index contributed by atoms with van der Waals surface area (Å²) >= 11 is 5.75. The first-order valence-electron chi connectivity index (χ1n) is 8.11. The van der Waals surface area contributed by atoms with Gasteiger partial charge in [-0.3, -0.25) is 9.59 Å². The average Bonchev–Trinajstić information content (AvgIpc) is 2.63. The fourth-order valence-electron chi connectivity index (χ4n) is 2.86. The minimum Gasteiger partial charge on any atom is -0.339 e. The van der Waals surface area contributed by atoms with Crippen molar-refractivity contribution in [2.45, 2.75) is 12.8 Å². The van der Waals surface area contributed by atoms with Crippen LogP contribution in [0.3, 0.4) is 0 Å². The number of benzene rings is 1. The molecule has 136 valence electrons. The highest BCUT2D eigenvalue weighted by atomic mass is 35.5. The summed E-state index contributed by atoms with van der Waals surface area (Å²) in [4.78, 5) is 30.2. The lowest BCUT2D eigenvalue weighted by Gasteiger charge is -2.31. The van der Waals surface area contributed by atoms with Crippen molar-refractivity contribution in [3.05, 3.63) is 58.7 Å². The molecule has 2 aromatic rings. The second-order valence-electron chi connectivity index (χ2n) is 6.04. The number of pyridine rings is 1. The smallest absolute Gasteiger partial charge is 0.256 e. The highest BCUT2D eigenvalue weighted by Gasteiger charge is 2.29. The lowest BCUT2D eigenvalue weighted by Crippen LogP contribution is -2.41. The minimum absolute atomic E-state index is 0.167. The van der Waals surface area contributed by atoms with Crippen LogP contribution < -0.4 is 5.32 Å². The topological polar surface area (TPSA) is 62.3 Å². The Kier molecular flexibility index (Phi) is 5.46. The van der Waals surface area contributed by atoms with Crippen molar-refractivity contribution in [3.8, 4) is 0 Å². The van der Waals surface area contributed by atoms with E-state index in [2.05, 4.69) is 10.3 Å². The Labute approximate surface area is 154 Å². The van der Waals surface area contributed by atoms with E-state index in [1.54, 1.807) is 12.1 Å². The molecule has 0 atom stereocenters. The number of aromatic nitrogens is 1. The Morgan fingerprint density at radius 1 is 1.15 bits per heavy atom. The van der Waals surface area contributed by atoms with Crippen LogP contribution in [0.4, 0.5) is 14.6 Å². The average molecular weight is 380 g/mol. The van der Waals surface area contributed by atoms with E-state index in [9.17, 15) is 18.4 Å². The Balaban J connectivity index is 1.57. The first-order valence-corrected chi connectivity index (χ1v) is 8.48. The maximum absolute atomic E-state index is 13.8. The lowest BCUT2D eigenvalue weighted by atomic mass is 9.95. The summed E-state index contributed by atoms with van der Waals surface area (Å²) in [7, 11) is 0. The number of hydrogen-bond donors (Lipinski definition) is 1. The largest absolute Gasteiger partial charge is 0.339 e. The van der Waals surface area contributed by atoms with Gasteiger partial charge in [0.25, 0.3) is 5.91 Å². The maximum atomic E-state index is 13.8. The number of likely N-dealkylation sites (tertiary alicyclic amines) is 1. The monoisotopic (exact) mass is 379 g/mol. The lowest BCUT2D eigenvalue weighted by molar-refractivity contribution is -0.121. The van der Waals surface area contributed by atoms with Gasteiger partial charge in [-0.05, 0) is 37.1 Å². The number of amides is 2. The van der Waals surface area contributed by atoms with Gasteiger partial charge in [0.2, 0.25) is 5.91 Å². The van der Waals surface area contributed by atoms with Gasteiger partial charge >= 0.3 is 0 Å². The predicted octanol–water partition coefficient (Wildman–Crippen LogP) is 3.50. The number of halogens is 3. The Morgan fingerprint density at radius 3 is 2.50 bits per heavy atom. The van der Waals surface area contributed by atoms with E-state index in [1.807, 2.05) is 0 Å². The Morgan fingerprint density at radius 2 is 1.88 bits per heavy atom. The molecule has 1 N–H and O–H groups in total. The molecule has 26 heavy (non-hydrogen) atoms. The van der Waals surface area contributed by atoms with Crippen LogP contribution >= 0.6 is 11.6 Å². The first kappa shape index (κ1) is 18.3. The third kappa shape index (κ3) is 4.16. The summed E-state index contributed by atoms with van der Waals surface area (Å²) in [6, 6.07) is 6.11. The molecular formula is C18H16ClF2N3O2. The van der Waals surface area contributed by atoms with Crippen molar-refractivity contribution in [1.29, 1.82) is 0 Å². The number of carbonyl (C=O) groups is 2. The zero-order chi connectivity index (χ0) is 18.7. The zero-order valence-electron chi connectivity index (χ0n) is 13.7. The van der Waals surface area contributed by atoms with Crippen LogP contribution in [0, 0.1) is 17.6 Å². The number of nitrogens with zero attached hydrogens (tertiary/aromatic N) is 2. The van der Waals surface area contributed by atoms with Gasteiger partial charge in [0, 0.05) is 31.3 Å². The van der Waals surface area contributed by atoms with Crippen LogP contribution in [0.5, 0.6) is 0 Å². The van der Waals surface area contributed by atoms with E-state index >= 15 is 0 Å². The summed E-state index contributed by atoms with van der Waals surface area (Å²) < 4.78 is 26.7. The van der Waals surface area contributed by atoms with Crippen molar-refractivity contribution < 1.29 is 18.4 Å². The molecular weight excluding hydrogens is 364 g/mol. The fraction of sp³-hybridized carbons (Fsp3) is 0.278. The number of anilines is 1. The molecule has 0 aliphatic carbocycles. The van der Waals surface area contributed by atoms with E-state index in [4.69, 9.17) is 11.6 Å².